The van der Waals surface area contributed by atoms with E-state index < -0.39 is 0 Å². The maximum atomic E-state index is 12.4. The Bertz CT molecular complexity index is 914. The first kappa shape index (κ1) is 16.9. The van der Waals surface area contributed by atoms with Gasteiger partial charge < -0.3 is 15.1 Å². The molecule has 0 unspecified atom stereocenters. The van der Waals surface area contributed by atoms with Gasteiger partial charge in [0.15, 0.2) is 10.8 Å². The van der Waals surface area contributed by atoms with Crippen molar-refractivity contribution in [2.45, 2.75) is 13.8 Å². The highest BCUT2D eigenvalue weighted by atomic mass is 32.1. The summed E-state index contributed by atoms with van der Waals surface area (Å²) in [4.78, 5) is 28.6. The van der Waals surface area contributed by atoms with Crippen LogP contribution in [0.25, 0.3) is 10.8 Å². The molecule has 0 bridgehead atoms. The van der Waals surface area contributed by atoms with Gasteiger partial charge in [-0.1, -0.05) is 6.07 Å². The quantitative estimate of drug-likeness (QED) is 0.731. The Morgan fingerprint density at radius 3 is 2.76 bits per heavy atom. The number of thiazole rings is 1. The summed E-state index contributed by atoms with van der Waals surface area (Å²) in [5.74, 6) is 0.916. The van der Waals surface area contributed by atoms with Crippen LogP contribution in [0.1, 0.15) is 33.5 Å². The standard InChI is InChI=1S/C18H17N3O3S/c1-3-19-16(22)12-5-4-6-13(9-12)20-17(23)14-10-25-18(21-14)15-8-7-11(2)24-15/h4-10H,3H2,1-2H3,(H,19,22)(H,20,23). The fourth-order valence-electron chi connectivity index (χ4n) is 2.24. The number of furan rings is 1. The topological polar surface area (TPSA) is 84.2 Å². The summed E-state index contributed by atoms with van der Waals surface area (Å²) in [5.41, 5.74) is 1.33. The van der Waals surface area contributed by atoms with E-state index in [1.54, 1.807) is 29.6 Å². The minimum atomic E-state index is -0.334. The smallest absolute Gasteiger partial charge is 0.275 e. The zero-order valence-corrected chi connectivity index (χ0v) is 14.6. The number of carbonyl (C=O) groups is 2. The largest absolute Gasteiger partial charge is 0.459 e. The van der Waals surface area contributed by atoms with E-state index in [0.717, 1.165) is 5.76 Å². The van der Waals surface area contributed by atoms with Crippen molar-refractivity contribution >= 4 is 28.8 Å². The Balaban J connectivity index is 1.73. The summed E-state index contributed by atoms with van der Waals surface area (Å²) in [5, 5.41) is 7.81. The Kier molecular flexibility index (Phi) is 4.95. The van der Waals surface area contributed by atoms with E-state index in [0.29, 0.717) is 34.3 Å². The van der Waals surface area contributed by atoms with Crippen LogP contribution in [0, 0.1) is 6.92 Å². The average molecular weight is 355 g/mol. The summed E-state index contributed by atoms with van der Waals surface area (Å²) in [6, 6.07) is 10.4. The number of anilines is 1. The van der Waals surface area contributed by atoms with Crippen LogP contribution in [-0.2, 0) is 0 Å². The van der Waals surface area contributed by atoms with Crippen molar-refractivity contribution in [2.75, 3.05) is 11.9 Å². The maximum absolute atomic E-state index is 12.4. The average Bonchev–Trinajstić information content (AvgIpc) is 3.24. The number of aromatic nitrogens is 1. The van der Waals surface area contributed by atoms with Crippen molar-refractivity contribution < 1.29 is 14.0 Å². The van der Waals surface area contributed by atoms with Gasteiger partial charge in [-0.15, -0.1) is 11.3 Å². The summed E-state index contributed by atoms with van der Waals surface area (Å²) in [6.45, 7) is 4.25. The molecule has 0 saturated heterocycles. The molecule has 2 heterocycles. The third-order valence-corrected chi connectivity index (χ3v) is 4.26. The van der Waals surface area contributed by atoms with Gasteiger partial charge in [0.25, 0.3) is 11.8 Å². The zero-order valence-electron chi connectivity index (χ0n) is 13.8. The van der Waals surface area contributed by atoms with Gasteiger partial charge in [-0.2, -0.15) is 0 Å². The Hall–Kier alpha value is -2.93. The number of amides is 2. The van der Waals surface area contributed by atoms with E-state index >= 15 is 0 Å². The first-order valence-corrected chi connectivity index (χ1v) is 8.66. The monoisotopic (exact) mass is 355 g/mol. The predicted octanol–water partition coefficient (Wildman–Crippen LogP) is 3.71. The number of benzene rings is 1. The van der Waals surface area contributed by atoms with Gasteiger partial charge in [0, 0.05) is 23.2 Å². The van der Waals surface area contributed by atoms with Gasteiger partial charge in [-0.25, -0.2) is 4.98 Å². The Morgan fingerprint density at radius 2 is 2.04 bits per heavy atom. The van der Waals surface area contributed by atoms with Crippen molar-refractivity contribution in [3.63, 3.8) is 0 Å². The van der Waals surface area contributed by atoms with E-state index in [4.69, 9.17) is 4.42 Å². The van der Waals surface area contributed by atoms with Crippen LogP contribution in [0.3, 0.4) is 0 Å². The van der Waals surface area contributed by atoms with Crippen molar-refractivity contribution in [3.8, 4) is 10.8 Å². The molecule has 0 spiro atoms. The third kappa shape index (κ3) is 3.95. The number of carbonyl (C=O) groups excluding carboxylic acids is 2. The fraction of sp³-hybridized carbons (Fsp3) is 0.167. The summed E-state index contributed by atoms with van der Waals surface area (Å²) >= 11 is 1.34. The molecule has 3 aromatic rings. The first-order chi connectivity index (χ1) is 12.1. The normalized spacial score (nSPS) is 10.5. The molecule has 6 nitrogen and oxygen atoms in total. The minimum absolute atomic E-state index is 0.178. The lowest BCUT2D eigenvalue weighted by atomic mass is 10.2. The van der Waals surface area contributed by atoms with E-state index in [-0.39, 0.29) is 11.8 Å². The molecule has 25 heavy (non-hydrogen) atoms. The third-order valence-electron chi connectivity index (χ3n) is 3.41. The molecule has 2 amide bonds. The molecule has 0 aliphatic rings. The Morgan fingerprint density at radius 1 is 1.20 bits per heavy atom. The van der Waals surface area contributed by atoms with Crippen molar-refractivity contribution in [3.05, 3.63) is 58.8 Å². The second-order valence-electron chi connectivity index (χ2n) is 5.34. The number of rotatable bonds is 5. The molecule has 0 fully saturated rings. The number of nitrogens with one attached hydrogen (secondary N) is 2. The maximum Gasteiger partial charge on any atom is 0.275 e. The van der Waals surface area contributed by atoms with E-state index in [2.05, 4.69) is 15.6 Å². The molecule has 0 radical (unpaired) electrons. The number of hydrogen-bond acceptors (Lipinski definition) is 5. The molecule has 128 valence electrons. The van der Waals surface area contributed by atoms with Gasteiger partial charge >= 0.3 is 0 Å². The lowest BCUT2D eigenvalue weighted by molar-refractivity contribution is 0.0954. The van der Waals surface area contributed by atoms with Crippen LogP contribution >= 0.6 is 11.3 Å². The second kappa shape index (κ2) is 7.31. The molecule has 2 N–H and O–H groups in total. The number of aryl methyl sites for hydroxylation is 1. The van der Waals surface area contributed by atoms with Crippen LogP contribution in [0.15, 0.2) is 46.2 Å². The van der Waals surface area contributed by atoms with Gasteiger partial charge in [0.05, 0.1) is 0 Å². The van der Waals surface area contributed by atoms with Crippen LogP contribution in [0.2, 0.25) is 0 Å². The predicted molar refractivity (Wildman–Crippen MR) is 97.0 cm³/mol. The Labute approximate surface area is 148 Å². The molecule has 0 aliphatic heterocycles. The van der Waals surface area contributed by atoms with Gasteiger partial charge in [-0.3, -0.25) is 9.59 Å². The number of hydrogen-bond donors (Lipinski definition) is 2. The van der Waals surface area contributed by atoms with Crippen LogP contribution < -0.4 is 10.6 Å². The van der Waals surface area contributed by atoms with Gasteiger partial charge in [-0.05, 0) is 44.2 Å². The molecular weight excluding hydrogens is 338 g/mol. The molecule has 3 rings (SSSR count). The molecule has 0 atom stereocenters. The van der Waals surface area contributed by atoms with E-state index in [1.807, 2.05) is 26.0 Å². The summed E-state index contributed by atoms with van der Waals surface area (Å²) in [6.07, 6.45) is 0. The van der Waals surface area contributed by atoms with E-state index in [1.165, 1.54) is 11.3 Å². The zero-order chi connectivity index (χ0) is 17.8. The fourth-order valence-corrected chi connectivity index (χ4v) is 3.00. The molecule has 0 aliphatic carbocycles. The molecule has 0 saturated carbocycles. The van der Waals surface area contributed by atoms with Crippen molar-refractivity contribution in [1.82, 2.24) is 10.3 Å². The van der Waals surface area contributed by atoms with Gasteiger partial charge in [0.1, 0.15) is 11.5 Å². The number of nitrogens with zero attached hydrogens (tertiary/aromatic N) is 1. The first-order valence-electron chi connectivity index (χ1n) is 7.78. The van der Waals surface area contributed by atoms with Crippen LogP contribution in [0.5, 0.6) is 0 Å². The molecular formula is C18H17N3O3S. The lowest BCUT2D eigenvalue weighted by Gasteiger charge is -2.06. The van der Waals surface area contributed by atoms with Crippen molar-refractivity contribution in [1.29, 1.82) is 0 Å². The van der Waals surface area contributed by atoms with Crippen molar-refractivity contribution in [2.24, 2.45) is 0 Å². The SMILES string of the molecule is CCNC(=O)c1cccc(NC(=O)c2csc(-c3ccc(C)o3)n2)c1. The highest BCUT2D eigenvalue weighted by Crippen LogP contribution is 2.26. The lowest BCUT2D eigenvalue weighted by Crippen LogP contribution is -2.22. The summed E-state index contributed by atoms with van der Waals surface area (Å²) in [7, 11) is 0. The van der Waals surface area contributed by atoms with Crippen LogP contribution in [-0.4, -0.2) is 23.3 Å². The van der Waals surface area contributed by atoms with Crippen LogP contribution in [0.4, 0.5) is 5.69 Å². The molecule has 1 aromatic carbocycles. The second-order valence-corrected chi connectivity index (χ2v) is 6.20. The highest BCUT2D eigenvalue weighted by molar-refractivity contribution is 7.13. The van der Waals surface area contributed by atoms with E-state index in [9.17, 15) is 9.59 Å². The molecule has 7 heteroatoms. The minimum Gasteiger partial charge on any atom is -0.459 e. The highest BCUT2D eigenvalue weighted by Gasteiger charge is 2.14. The van der Waals surface area contributed by atoms with Gasteiger partial charge in [0.2, 0.25) is 0 Å². The molecule has 2 aromatic heterocycles. The summed E-state index contributed by atoms with van der Waals surface area (Å²) < 4.78 is 5.52.